The zero-order valence-corrected chi connectivity index (χ0v) is 8.19. The van der Waals surface area contributed by atoms with Gasteiger partial charge in [0.15, 0.2) is 17.3 Å². The van der Waals surface area contributed by atoms with Crippen molar-refractivity contribution in [1.82, 2.24) is 0 Å². The molecular formula is C7H9N3O4S. The maximum atomic E-state index is 9.56. The molecule has 1 aliphatic carbocycles. The molecule has 0 bridgehead atoms. The van der Waals surface area contributed by atoms with E-state index in [9.17, 15) is 20.4 Å². The van der Waals surface area contributed by atoms with Crippen molar-refractivity contribution in [3.8, 4) is 0 Å². The van der Waals surface area contributed by atoms with Crippen molar-refractivity contribution >= 4 is 17.5 Å². The molecule has 2 atom stereocenters. The molecule has 1 unspecified atom stereocenters. The third-order valence-electron chi connectivity index (χ3n) is 2.10. The normalized spacial score (nSPS) is 35.7. The van der Waals surface area contributed by atoms with E-state index >= 15 is 0 Å². The van der Waals surface area contributed by atoms with Crippen LogP contribution in [-0.2, 0) is 0 Å². The summed E-state index contributed by atoms with van der Waals surface area (Å²) in [5.41, 5.74) is 7.42. The Bertz CT molecular complexity index is 426. The highest BCUT2D eigenvalue weighted by Gasteiger charge is 2.46. The molecule has 0 amide bonds. The summed E-state index contributed by atoms with van der Waals surface area (Å²) in [7, 11) is 0. The molecule has 0 fully saturated rings. The van der Waals surface area contributed by atoms with Crippen molar-refractivity contribution in [3.63, 3.8) is 0 Å². The molecule has 0 aromatic carbocycles. The first kappa shape index (κ1) is 10.3. The lowest BCUT2D eigenvalue weighted by atomic mass is 10.00. The maximum absolute atomic E-state index is 9.56. The lowest BCUT2D eigenvalue weighted by Crippen LogP contribution is -2.48. The van der Waals surface area contributed by atoms with Crippen LogP contribution in [0.15, 0.2) is 27.2 Å². The van der Waals surface area contributed by atoms with Crippen LogP contribution in [0.4, 0.5) is 0 Å². The summed E-state index contributed by atoms with van der Waals surface area (Å²) in [5, 5.41) is 37.9. The summed E-state index contributed by atoms with van der Waals surface area (Å²) in [6, 6.07) is 0. The molecule has 15 heavy (non-hydrogen) atoms. The molecule has 0 aromatic heterocycles. The number of hydrogen-bond donors (Lipinski definition) is 6. The molecule has 2 aliphatic rings. The quantitative estimate of drug-likeness (QED) is 0.298. The first-order chi connectivity index (χ1) is 6.85. The van der Waals surface area contributed by atoms with Crippen molar-refractivity contribution in [2.45, 2.75) is 11.2 Å². The first-order valence-electron chi connectivity index (χ1n) is 3.94. The van der Waals surface area contributed by atoms with Crippen LogP contribution in [0.5, 0.6) is 0 Å². The number of aliphatic hydroxyl groups is 4. The van der Waals surface area contributed by atoms with Crippen molar-refractivity contribution < 1.29 is 20.4 Å². The van der Waals surface area contributed by atoms with Gasteiger partial charge in [-0.1, -0.05) is 11.8 Å². The Morgan fingerprint density at radius 3 is 2.47 bits per heavy atom. The van der Waals surface area contributed by atoms with Crippen LogP contribution in [0.25, 0.3) is 0 Å². The van der Waals surface area contributed by atoms with Gasteiger partial charge in [0.25, 0.3) is 0 Å². The Balaban J connectivity index is 2.64. The van der Waals surface area contributed by atoms with E-state index in [0.717, 1.165) is 11.8 Å². The molecule has 0 aromatic rings. The lowest BCUT2D eigenvalue weighted by Gasteiger charge is -2.27. The van der Waals surface area contributed by atoms with Gasteiger partial charge in [0, 0.05) is 0 Å². The van der Waals surface area contributed by atoms with E-state index in [1.165, 1.54) is 0 Å². The number of aliphatic hydroxyl groups excluding tert-OH is 3. The van der Waals surface area contributed by atoms with Crippen LogP contribution < -0.4 is 11.5 Å². The van der Waals surface area contributed by atoms with Gasteiger partial charge in [-0.05, 0) is 0 Å². The second kappa shape index (κ2) is 2.89. The minimum Gasteiger partial charge on any atom is -0.506 e. The van der Waals surface area contributed by atoms with Crippen LogP contribution in [0.1, 0.15) is 0 Å². The van der Waals surface area contributed by atoms with Crippen LogP contribution in [0, 0.1) is 0 Å². The molecule has 1 aliphatic heterocycles. The molecule has 8 N–H and O–H groups in total. The Kier molecular flexibility index (Phi) is 1.98. The Hall–Kier alpha value is -1.22. The van der Waals surface area contributed by atoms with Crippen molar-refractivity contribution in [2.24, 2.45) is 16.5 Å². The lowest BCUT2D eigenvalue weighted by molar-refractivity contribution is 0.0292. The summed E-state index contributed by atoms with van der Waals surface area (Å²) in [4.78, 5) is 3.83. The minimum atomic E-state index is -2.49. The summed E-state index contributed by atoms with van der Waals surface area (Å²) in [6.07, 6.45) is 0. The SMILES string of the molecule is NC1N=C2C(O)=C(O)[C@](N)(O)C(O)=C2S1. The van der Waals surface area contributed by atoms with Crippen molar-refractivity contribution in [1.29, 1.82) is 0 Å². The number of allylic oxidation sites excluding steroid dienone is 1. The van der Waals surface area contributed by atoms with Gasteiger partial charge in [0.2, 0.25) is 5.72 Å². The van der Waals surface area contributed by atoms with Gasteiger partial charge in [-0.15, -0.1) is 0 Å². The molecule has 0 spiro atoms. The summed E-state index contributed by atoms with van der Waals surface area (Å²) in [6.45, 7) is 0. The zero-order chi connectivity index (χ0) is 11.4. The Labute approximate surface area is 88.4 Å². The molecule has 2 rings (SSSR count). The number of nitrogens with two attached hydrogens (primary N) is 2. The maximum Gasteiger partial charge on any atom is 0.236 e. The fourth-order valence-electron chi connectivity index (χ4n) is 1.30. The zero-order valence-electron chi connectivity index (χ0n) is 7.38. The van der Waals surface area contributed by atoms with Gasteiger partial charge in [0.1, 0.15) is 11.2 Å². The van der Waals surface area contributed by atoms with Gasteiger partial charge in [0.05, 0.1) is 4.91 Å². The fraction of sp³-hybridized carbons (Fsp3) is 0.286. The second-order valence-corrected chi connectivity index (χ2v) is 4.25. The average molecular weight is 231 g/mol. The molecule has 0 saturated heterocycles. The van der Waals surface area contributed by atoms with Gasteiger partial charge in [-0.25, -0.2) is 0 Å². The van der Waals surface area contributed by atoms with Crippen LogP contribution >= 0.6 is 11.8 Å². The fourth-order valence-corrected chi connectivity index (χ4v) is 2.23. The smallest absolute Gasteiger partial charge is 0.236 e. The molecule has 0 saturated carbocycles. The number of thioether (sulfide) groups is 1. The van der Waals surface area contributed by atoms with E-state index < -0.39 is 28.5 Å². The third kappa shape index (κ3) is 1.23. The summed E-state index contributed by atoms with van der Waals surface area (Å²) >= 11 is 0.924. The second-order valence-electron chi connectivity index (χ2n) is 3.13. The Morgan fingerprint density at radius 2 is 1.87 bits per heavy atom. The largest absolute Gasteiger partial charge is 0.506 e. The molecule has 82 valence electrons. The van der Waals surface area contributed by atoms with E-state index in [-0.39, 0.29) is 10.6 Å². The van der Waals surface area contributed by atoms with E-state index in [4.69, 9.17) is 11.5 Å². The number of nitrogens with zero attached hydrogens (tertiary/aromatic N) is 1. The van der Waals surface area contributed by atoms with E-state index in [2.05, 4.69) is 4.99 Å². The predicted octanol–water partition coefficient (Wildman–Crippen LogP) is -0.825. The van der Waals surface area contributed by atoms with Crippen LogP contribution in [-0.4, -0.2) is 37.4 Å². The standard InChI is InChI=1S/C7H9N3O4S/c8-6-10-1-2(11)4(12)7(9,14)5(13)3(1)15-6/h6,11-14H,8-9H2/t6?,7-/m0/s1. The Morgan fingerprint density at radius 1 is 1.27 bits per heavy atom. The molecular weight excluding hydrogens is 222 g/mol. The summed E-state index contributed by atoms with van der Waals surface area (Å²) < 4.78 is 0. The third-order valence-corrected chi connectivity index (χ3v) is 3.07. The van der Waals surface area contributed by atoms with Crippen molar-refractivity contribution in [3.05, 3.63) is 22.2 Å². The van der Waals surface area contributed by atoms with Crippen molar-refractivity contribution in [2.75, 3.05) is 0 Å². The van der Waals surface area contributed by atoms with Gasteiger partial charge in [-0.3, -0.25) is 10.7 Å². The van der Waals surface area contributed by atoms with Crippen LogP contribution in [0.3, 0.4) is 0 Å². The number of aliphatic imine (C=N–C) groups is 1. The monoisotopic (exact) mass is 231 g/mol. The van der Waals surface area contributed by atoms with Gasteiger partial charge >= 0.3 is 0 Å². The van der Waals surface area contributed by atoms with Gasteiger partial charge < -0.3 is 26.2 Å². The minimum absolute atomic E-state index is 0.0578. The van der Waals surface area contributed by atoms with Crippen LogP contribution in [0.2, 0.25) is 0 Å². The van der Waals surface area contributed by atoms with E-state index in [1.807, 2.05) is 0 Å². The van der Waals surface area contributed by atoms with Gasteiger partial charge in [-0.2, -0.15) is 0 Å². The molecule has 7 nitrogen and oxygen atoms in total. The predicted molar refractivity (Wildman–Crippen MR) is 54.1 cm³/mol. The molecule has 0 radical (unpaired) electrons. The first-order valence-corrected chi connectivity index (χ1v) is 4.82. The average Bonchev–Trinajstić information content (AvgIpc) is 2.55. The summed E-state index contributed by atoms with van der Waals surface area (Å²) in [5.74, 6) is -2.29. The number of hydrogen-bond acceptors (Lipinski definition) is 8. The highest BCUT2D eigenvalue weighted by atomic mass is 32.2. The van der Waals surface area contributed by atoms with E-state index in [0.29, 0.717) is 0 Å². The highest BCUT2D eigenvalue weighted by molar-refractivity contribution is 8.05. The molecule has 8 heteroatoms. The molecule has 1 heterocycles. The highest BCUT2D eigenvalue weighted by Crippen LogP contribution is 2.40. The number of fused-ring (bicyclic) bond motifs is 1. The topological polar surface area (TPSA) is 145 Å². The van der Waals surface area contributed by atoms with E-state index in [1.54, 1.807) is 0 Å². The number of rotatable bonds is 0.